The molecule has 13 heteroatoms. The van der Waals surface area contributed by atoms with Gasteiger partial charge in [0.25, 0.3) is 5.91 Å². The first-order valence-corrected chi connectivity index (χ1v) is 18.4. The summed E-state index contributed by atoms with van der Waals surface area (Å²) >= 11 is 0. The topological polar surface area (TPSA) is 196 Å². The number of rotatable bonds is 19. The number of carbonyl (C=O) groups excluding carboxylic acids is 5. The lowest BCUT2D eigenvalue weighted by atomic mass is 9.98. The number of carbonyl (C=O) groups is 5. The number of aryl methyl sites for hydroxylation is 1. The largest absolute Gasteiger partial charge is 0.357 e. The molecule has 4 amide bonds. The smallest absolute Gasteiger partial charge is 0.252 e. The molecule has 8 N–H and O–H groups in total. The molecule has 52 heavy (non-hydrogen) atoms. The van der Waals surface area contributed by atoms with E-state index in [9.17, 15) is 24.0 Å². The van der Waals surface area contributed by atoms with Crippen molar-refractivity contribution in [2.24, 2.45) is 23.5 Å². The number of likely N-dealkylation sites (N-methyl/N-ethyl adjacent to an activating group) is 2. The molecule has 2 aromatic rings. The fourth-order valence-electron chi connectivity index (χ4n) is 4.99. The van der Waals surface area contributed by atoms with Gasteiger partial charge in [-0.05, 0) is 49.5 Å². The minimum atomic E-state index is -0.566. The van der Waals surface area contributed by atoms with Gasteiger partial charge in [0.1, 0.15) is 18.4 Å². The molecule has 1 heterocycles. The Morgan fingerprint density at radius 2 is 1.46 bits per heavy atom. The highest BCUT2D eigenvalue weighted by molar-refractivity contribution is 5.97. The van der Waals surface area contributed by atoms with Crippen LogP contribution in [0.4, 0.5) is 0 Å². The zero-order chi connectivity index (χ0) is 39.6. The third-order valence-electron chi connectivity index (χ3n) is 8.15. The summed E-state index contributed by atoms with van der Waals surface area (Å²) in [6, 6.07) is 11.5. The molecule has 292 valence electrons. The molecule has 1 aromatic carbocycles. The first-order valence-electron chi connectivity index (χ1n) is 18.4. The summed E-state index contributed by atoms with van der Waals surface area (Å²) in [5, 5.41) is 23.5. The fraction of sp³-hybridized carbons (Fsp3) is 0.590. The van der Waals surface area contributed by atoms with Crippen molar-refractivity contribution in [3.05, 3.63) is 66.0 Å². The molecule has 5 atom stereocenters. The second-order valence-corrected chi connectivity index (χ2v) is 13.5. The van der Waals surface area contributed by atoms with Crippen LogP contribution in [-0.4, -0.2) is 79.4 Å². The molecule has 13 nitrogen and oxygen atoms in total. The van der Waals surface area contributed by atoms with Gasteiger partial charge in [0.15, 0.2) is 0 Å². The monoisotopic (exact) mass is 729 g/mol. The van der Waals surface area contributed by atoms with Gasteiger partial charge >= 0.3 is 0 Å². The van der Waals surface area contributed by atoms with Crippen molar-refractivity contribution in [1.29, 1.82) is 0 Å². The lowest BCUT2D eigenvalue weighted by Crippen LogP contribution is -2.55. The van der Waals surface area contributed by atoms with Gasteiger partial charge in [0.2, 0.25) is 30.1 Å². The van der Waals surface area contributed by atoms with Crippen LogP contribution in [0.3, 0.4) is 0 Å². The fourth-order valence-corrected chi connectivity index (χ4v) is 4.99. The minimum Gasteiger partial charge on any atom is -0.357 e. The second kappa shape index (κ2) is 27.3. The zero-order valence-electron chi connectivity index (χ0n) is 32.8. The van der Waals surface area contributed by atoms with Crippen molar-refractivity contribution in [3.8, 4) is 0 Å². The molecule has 2 rings (SSSR count). The third-order valence-corrected chi connectivity index (χ3v) is 8.15. The minimum absolute atomic E-state index is 0.00321. The number of nitrogens with one attached hydrogen (secondary N) is 5. The van der Waals surface area contributed by atoms with Crippen molar-refractivity contribution in [1.82, 2.24) is 26.6 Å². The van der Waals surface area contributed by atoms with Crippen molar-refractivity contribution in [2.75, 3.05) is 20.1 Å². The van der Waals surface area contributed by atoms with E-state index in [1.807, 2.05) is 59.7 Å². The lowest BCUT2D eigenvalue weighted by Gasteiger charge is -2.26. The van der Waals surface area contributed by atoms with Gasteiger partial charge in [-0.25, -0.2) is 0 Å². The normalized spacial score (nSPS) is 13.5. The Hall–Kier alpha value is -4.36. The molecule has 0 bridgehead atoms. The molecular weight excluding hydrogens is 662 g/mol. The van der Waals surface area contributed by atoms with Crippen LogP contribution in [-0.2, 0) is 25.6 Å². The van der Waals surface area contributed by atoms with Crippen LogP contribution in [0.1, 0.15) is 97.0 Å². The first kappa shape index (κ1) is 47.6. The van der Waals surface area contributed by atoms with Crippen molar-refractivity contribution >= 4 is 29.9 Å². The number of aldehydes is 1. The van der Waals surface area contributed by atoms with E-state index in [0.717, 1.165) is 30.3 Å². The van der Waals surface area contributed by atoms with Gasteiger partial charge in [-0.15, -0.1) is 0 Å². The number of hydrogen-bond acceptors (Lipinski definition) is 8. The maximum Gasteiger partial charge on any atom is 0.252 e. The Labute approximate surface area is 311 Å². The van der Waals surface area contributed by atoms with Crippen molar-refractivity contribution < 1.29 is 33.9 Å². The highest BCUT2D eigenvalue weighted by atomic mass is 16.5. The number of pyridine rings is 1. The summed E-state index contributed by atoms with van der Waals surface area (Å²) in [4.78, 5) is 58.3. The Balaban J connectivity index is 0.000000969. The molecule has 0 fully saturated rings. The average Bonchev–Trinajstić information content (AvgIpc) is 3.12. The van der Waals surface area contributed by atoms with Gasteiger partial charge in [-0.1, -0.05) is 85.2 Å². The number of aromatic nitrogens is 1. The van der Waals surface area contributed by atoms with E-state index >= 15 is 0 Å². The number of benzene rings is 1. The van der Waals surface area contributed by atoms with E-state index in [2.05, 4.69) is 52.6 Å². The SMILES string of the molecule is CCC(C)C(NC(=O)c1cc[n+](O)cc1)C(=O)NC.CCC=O.CCNC(=O)C(NC(=O)[C@H](CCc1ccccc1)NCC(N)CC(C)C)C(C)C. The first-order chi connectivity index (χ1) is 24.6. The van der Waals surface area contributed by atoms with Gasteiger partial charge in [-0.2, -0.15) is 0 Å². The summed E-state index contributed by atoms with van der Waals surface area (Å²) in [5.74, 6) is -0.299. The summed E-state index contributed by atoms with van der Waals surface area (Å²) in [7, 11) is 1.54. The molecule has 0 saturated carbocycles. The van der Waals surface area contributed by atoms with Crippen LogP contribution in [0.5, 0.6) is 0 Å². The molecule has 0 radical (unpaired) electrons. The average molecular weight is 729 g/mol. The van der Waals surface area contributed by atoms with Crippen molar-refractivity contribution in [3.63, 3.8) is 0 Å². The van der Waals surface area contributed by atoms with Crippen molar-refractivity contribution in [2.45, 2.75) is 112 Å². The Morgan fingerprint density at radius 1 is 0.865 bits per heavy atom. The number of hydrogen-bond donors (Lipinski definition) is 7. The quantitative estimate of drug-likeness (QED) is 0.0652. The van der Waals surface area contributed by atoms with E-state index in [1.54, 1.807) is 7.05 Å². The van der Waals surface area contributed by atoms with Gasteiger partial charge in [-0.3, -0.25) is 24.4 Å². The van der Waals surface area contributed by atoms with Gasteiger partial charge in [0.05, 0.1) is 11.6 Å². The molecule has 0 aliphatic carbocycles. The maximum atomic E-state index is 13.0. The Bertz CT molecular complexity index is 1310. The van der Waals surface area contributed by atoms with Crippen LogP contribution in [0.15, 0.2) is 54.9 Å². The molecule has 0 saturated heterocycles. The molecular formula is C39H66N7O6+. The Kier molecular flexibility index (Phi) is 25.0. The van der Waals surface area contributed by atoms with E-state index < -0.39 is 18.1 Å². The van der Waals surface area contributed by atoms with Gasteiger partial charge < -0.3 is 37.1 Å². The third kappa shape index (κ3) is 19.9. The number of nitrogens with two attached hydrogens (primary N) is 1. The summed E-state index contributed by atoms with van der Waals surface area (Å²) in [6.45, 7) is 16.8. The molecule has 0 spiro atoms. The molecule has 0 aliphatic rings. The zero-order valence-corrected chi connectivity index (χ0v) is 32.8. The van der Waals surface area contributed by atoms with Crippen LogP contribution in [0.25, 0.3) is 0 Å². The van der Waals surface area contributed by atoms with E-state index in [4.69, 9.17) is 10.9 Å². The Morgan fingerprint density at radius 3 is 1.94 bits per heavy atom. The van der Waals surface area contributed by atoms with E-state index in [1.165, 1.54) is 30.1 Å². The summed E-state index contributed by atoms with van der Waals surface area (Å²) in [6.07, 6.45) is 7.32. The lowest BCUT2D eigenvalue weighted by molar-refractivity contribution is -0.904. The van der Waals surface area contributed by atoms with Gasteiger partial charge in [0, 0.05) is 49.5 Å². The summed E-state index contributed by atoms with van der Waals surface area (Å²) in [5.41, 5.74) is 7.78. The second-order valence-electron chi connectivity index (χ2n) is 13.5. The highest BCUT2D eigenvalue weighted by Crippen LogP contribution is 2.10. The number of nitrogens with zero attached hydrogens (tertiary/aromatic N) is 1. The van der Waals surface area contributed by atoms with Crippen LogP contribution in [0.2, 0.25) is 0 Å². The highest BCUT2D eigenvalue weighted by Gasteiger charge is 2.28. The molecule has 0 aliphatic heterocycles. The van der Waals surface area contributed by atoms with Crippen LogP contribution >= 0.6 is 0 Å². The summed E-state index contributed by atoms with van der Waals surface area (Å²) < 4.78 is 0.849. The molecule has 4 unspecified atom stereocenters. The van der Waals surface area contributed by atoms with Crippen LogP contribution in [0, 0.1) is 17.8 Å². The number of amides is 4. The maximum absolute atomic E-state index is 13.0. The van der Waals surface area contributed by atoms with E-state index in [0.29, 0.717) is 37.4 Å². The predicted molar refractivity (Wildman–Crippen MR) is 204 cm³/mol. The van der Waals surface area contributed by atoms with E-state index in [-0.39, 0.29) is 41.5 Å². The van der Waals surface area contributed by atoms with Crippen LogP contribution < -0.4 is 37.0 Å². The standard InChI is InChI=1S/C23H40N4O2.C13H19N3O3.C3H6O/c1-6-25-23(29)21(17(4)5)27-22(28)20(26-15-19(24)14-16(2)3)13-12-18-10-8-7-9-11-18;1-4-9(2)11(13(18)14-3)15-12(17)10-5-7-16(19)8-6-10;1-2-3-4/h7-11,16-17,19-21,26H,6,12-15,24H2,1-5H3,(H,25,29)(H,27,28);5-9,11H,4H2,1-3H3,(H2-,14,15,17,18,19);3H,2H2,1H3/p+1/t19?,20-,21?;;/m0../s1. The predicted octanol–water partition coefficient (Wildman–Crippen LogP) is 2.92. The molecule has 1 aromatic heterocycles.